The number of benzene rings is 1. The van der Waals surface area contributed by atoms with Gasteiger partial charge in [-0.25, -0.2) is 0 Å². The van der Waals surface area contributed by atoms with Crippen molar-refractivity contribution in [1.82, 2.24) is 4.90 Å². The molecule has 1 aromatic carbocycles. The van der Waals surface area contributed by atoms with Crippen LogP contribution in [-0.4, -0.2) is 37.1 Å². The molecular weight excluding hydrogens is 184 g/mol. The Morgan fingerprint density at radius 1 is 1.20 bits per heavy atom. The van der Waals surface area contributed by atoms with Gasteiger partial charge >= 0.3 is 0 Å². The van der Waals surface area contributed by atoms with Gasteiger partial charge in [-0.15, -0.1) is 0 Å². The highest BCUT2D eigenvalue weighted by molar-refractivity contribution is 5.51. The van der Waals surface area contributed by atoms with Crippen LogP contribution in [0.1, 0.15) is 12.0 Å². The van der Waals surface area contributed by atoms with E-state index in [-0.39, 0.29) is 0 Å². The fraction of sp³-hybridized carbons (Fsp3) is 0.538. The van der Waals surface area contributed by atoms with Crippen LogP contribution in [0.4, 0.5) is 5.69 Å². The minimum absolute atomic E-state index is 0.752. The Labute approximate surface area is 91.5 Å². The summed E-state index contributed by atoms with van der Waals surface area (Å²) in [5, 5.41) is 0. The average Bonchev–Trinajstić information content (AvgIpc) is 2.76. The zero-order valence-electron chi connectivity index (χ0n) is 9.48. The quantitative estimate of drug-likeness (QED) is 0.686. The number of hydrogen-bond acceptors (Lipinski definition) is 2. The lowest BCUT2D eigenvalue weighted by molar-refractivity contribution is 0.292. The molecule has 0 radical (unpaired) electrons. The second-order valence-electron chi connectivity index (χ2n) is 4.97. The number of aryl methyl sites for hydroxylation is 1. The molecule has 0 aromatic heterocycles. The lowest BCUT2D eigenvalue weighted by Crippen LogP contribution is -2.44. The van der Waals surface area contributed by atoms with Gasteiger partial charge in [-0.05, 0) is 38.1 Å². The molecule has 2 aliphatic heterocycles. The molecule has 0 N–H and O–H groups in total. The van der Waals surface area contributed by atoms with E-state index in [1.165, 1.54) is 30.8 Å². The fourth-order valence-corrected chi connectivity index (χ4v) is 2.99. The van der Waals surface area contributed by atoms with Gasteiger partial charge in [0.25, 0.3) is 0 Å². The lowest BCUT2D eigenvalue weighted by atomic mass is 10.2. The molecule has 2 saturated heterocycles. The van der Waals surface area contributed by atoms with E-state index in [1.54, 1.807) is 0 Å². The van der Waals surface area contributed by atoms with Crippen molar-refractivity contribution < 1.29 is 0 Å². The predicted octanol–water partition coefficient (Wildman–Crippen LogP) is 1.89. The number of nitrogens with zero attached hydrogens (tertiary/aromatic N) is 2. The van der Waals surface area contributed by atoms with E-state index in [0.29, 0.717) is 0 Å². The summed E-state index contributed by atoms with van der Waals surface area (Å²) >= 11 is 0. The maximum Gasteiger partial charge on any atom is 0.0433 e. The van der Waals surface area contributed by atoms with Gasteiger partial charge in [0.05, 0.1) is 0 Å². The number of anilines is 1. The maximum absolute atomic E-state index is 2.58. The number of piperazine rings is 1. The first-order valence-electron chi connectivity index (χ1n) is 5.77. The van der Waals surface area contributed by atoms with E-state index >= 15 is 0 Å². The Hall–Kier alpha value is -1.02. The van der Waals surface area contributed by atoms with Crippen molar-refractivity contribution in [1.29, 1.82) is 0 Å². The molecule has 15 heavy (non-hydrogen) atoms. The summed E-state index contributed by atoms with van der Waals surface area (Å²) in [7, 11) is 2.25. The summed E-state index contributed by atoms with van der Waals surface area (Å²) in [6, 6.07) is 10.4. The Morgan fingerprint density at radius 2 is 2.07 bits per heavy atom. The summed E-state index contributed by atoms with van der Waals surface area (Å²) in [4.78, 5) is 5.08. The summed E-state index contributed by atoms with van der Waals surface area (Å²) in [6.07, 6.45) is 1.35. The Balaban J connectivity index is 1.86. The second-order valence-corrected chi connectivity index (χ2v) is 4.97. The highest BCUT2D eigenvalue weighted by atomic mass is 15.3. The maximum atomic E-state index is 2.58. The summed E-state index contributed by atoms with van der Waals surface area (Å²) in [6.45, 7) is 4.62. The van der Waals surface area contributed by atoms with E-state index in [4.69, 9.17) is 0 Å². The van der Waals surface area contributed by atoms with E-state index in [1.807, 2.05) is 0 Å². The second kappa shape index (κ2) is 3.24. The third-order valence-corrected chi connectivity index (χ3v) is 3.85. The van der Waals surface area contributed by atoms with E-state index in [0.717, 1.165) is 12.1 Å². The van der Waals surface area contributed by atoms with Crippen LogP contribution in [0.15, 0.2) is 24.3 Å². The molecule has 80 valence electrons. The molecule has 2 unspecified atom stereocenters. The highest BCUT2D eigenvalue weighted by Gasteiger charge is 2.41. The summed E-state index contributed by atoms with van der Waals surface area (Å²) in [5.74, 6) is 0. The van der Waals surface area contributed by atoms with Crippen molar-refractivity contribution in [2.24, 2.45) is 0 Å². The summed E-state index contributed by atoms with van der Waals surface area (Å²) in [5.41, 5.74) is 2.78. The minimum atomic E-state index is 0.752. The average molecular weight is 202 g/mol. The Bertz CT molecular complexity index is 373. The number of rotatable bonds is 1. The highest BCUT2D eigenvalue weighted by Crippen LogP contribution is 2.33. The van der Waals surface area contributed by atoms with Crippen LogP contribution in [0.25, 0.3) is 0 Å². The molecule has 3 rings (SSSR count). The molecule has 0 spiro atoms. The van der Waals surface area contributed by atoms with Crippen molar-refractivity contribution in [2.75, 3.05) is 25.0 Å². The van der Waals surface area contributed by atoms with Crippen LogP contribution in [-0.2, 0) is 0 Å². The first-order chi connectivity index (χ1) is 7.24. The number of likely N-dealkylation sites (tertiary alicyclic amines) is 1. The molecule has 2 fully saturated rings. The van der Waals surface area contributed by atoms with Crippen LogP contribution in [0, 0.1) is 6.92 Å². The van der Waals surface area contributed by atoms with E-state index in [2.05, 4.69) is 48.0 Å². The topological polar surface area (TPSA) is 6.48 Å². The number of hydrogen-bond donors (Lipinski definition) is 0. The van der Waals surface area contributed by atoms with E-state index in [9.17, 15) is 0 Å². The van der Waals surface area contributed by atoms with E-state index < -0.39 is 0 Å². The molecule has 0 saturated carbocycles. The molecule has 1 aromatic rings. The van der Waals surface area contributed by atoms with Crippen LogP contribution < -0.4 is 4.90 Å². The number of likely N-dealkylation sites (N-methyl/N-ethyl adjacent to an activating group) is 1. The molecule has 2 heteroatoms. The van der Waals surface area contributed by atoms with Crippen LogP contribution in [0.5, 0.6) is 0 Å². The monoisotopic (exact) mass is 202 g/mol. The summed E-state index contributed by atoms with van der Waals surface area (Å²) < 4.78 is 0. The van der Waals surface area contributed by atoms with Gasteiger partial charge in [0.1, 0.15) is 0 Å². The molecule has 2 bridgehead atoms. The SMILES string of the molecule is Cc1cccc(N2CC3CC2CN3C)c1. The molecule has 2 nitrogen and oxygen atoms in total. The van der Waals surface area contributed by atoms with Crippen LogP contribution in [0.2, 0.25) is 0 Å². The van der Waals surface area contributed by atoms with Crippen LogP contribution >= 0.6 is 0 Å². The first-order valence-corrected chi connectivity index (χ1v) is 5.77. The van der Waals surface area contributed by atoms with Gasteiger partial charge in [0, 0.05) is 30.9 Å². The predicted molar refractivity (Wildman–Crippen MR) is 63.3 cm³/mol. The Morgan fingerprint density at radius 3 is 2.67 bits per heavy atom. The Kier molecular flexibility index (Phi) is 1.99. The number of fused-ring (bicyclic) bond motifs is 2. The van der Waals surface area contributed by atoms with Crippen molar-refractivity contribution in [2.45, 2.75) is 25.4 Å². The lowest BCUT2D eigenvalue weighted by Gasteiger charge is -2.33. The molecule has 2 aliphatic rings. The van der Waals surface area contributed by atoms with Gasteiger partial charge in [-0.3, -0.25) is 4.90 Å². The minimum Gasteiger partial charge on any atom is -0.366 e. The molecular formula is C13H18N2. The normalized spacial score (nSPS) is 30.1. The van der Waals surface area contributed by atoms with Gasteiger partial charge < -0.3 is 4.90 Å². The third-order valence-electron chi connectivity index (χ3n) is 3.85. The van der Waals surface area contributed by atoms with Crippen LogP contribution in [0.3, 0.4) is 0 Å². The van der Waals surface area contributed by atoms with Gasteiger partial charge in [-0.2, -0.15) is 0 Å². The molecule has 2 atom stereocenters. The van der Waals surface area contributed by atoms with Gasteiger partial charge in [-0.1, -0.05) is 12.1 Å². The van der Waals surface area contributed by atoms with Crippen molar-refractivity contribution in [3.05, 3.63) is 29.8 Å². The molecule has 2 heterocycles. The smallest absolute Gasteiger partial charge is 0.0433 e. The third kappa shape index (κ3) is 1.44. The van der Waals surface area contributed by atoms with Gasteiger partial charge in [0.2, 0.25) is 0 Å². The fourth-order valence-electron chi connectivity index (χ4n) is 2.99. The molecule has 0 amide bonds. The molecule has 0 aliphatic carbocycles. The zero-order chi connectivity index (χ0) is 10.4. The zero-order valence-corrected chi connectivity index (χ0v) is 9.48. The van der Waals surface area contributed by atoms with Crippen molar-refractivity contribution in [3.8, 4) is 0 Å². The largest absolute Gasteiger partial charge is 0.366 e. The first kappa shape index (κ1) is 9.22. The standard InChI is InChI=1S/C13H18N2/c1-10-4-3-5-11(6-10)15-9-12-7-13(15)8-14(12)2/h3-6,12-13H,7-9H2,1-2H3. The van der Waals surface area contributed by atoms with Crippen molar-refractivity contribution >= 4 is 5.69 Å². The van der Waals surface area contributed by atoms with Crippen molar-refractivity contribution in [3.63, 3.8) is 0 Å². The van der Waals surface area contributed by atoms with Gasteiger partial charge in [0.15, 0.2) is 0 Å².